The Hall–Kier alpha value is -0.720. The van der Waals surface area contributed by atoms with Gasteiger partial charge in [0, 0.05) is 13.1 Å². The van der Waals surface area contributed by atoms with Gasteiger partial charge in [-0.15, -0.1) is 0 Å². The Labute approximate surface area is 107 Å². The molecule has 0 atom stereocenters. The van der Waals surface area contributed by atoms with Gasteiger partial charge in [-0.3, -0.25) is 0 Å². The van der Waals surface area contributed by atoms with Crippen LogP contribution in [0.15, 0.2) is 22.7 Å². The summed E-state index contributed by atoms with van der Waals surface area (Å²) in [5, 5.41) is 12.3. The molecule has 0 saturated heterocycles. The first kappa shape index (κ1) is 14.3. The van der Waals surface area contributed by atoms with Gasteiger partial charge in [0.05, 0.1) is 11.1 Å². The minimum Gasteiger partial charge on any atom is -0.507 e. The Kier molecular flexibility index (Phi) is 6.39. The predicted molar refractivity (Wildman–Crippen MR) is 64.3 cm³/mol. The SMILES string of the molecule is Oc1ccc(CNCCOCC(F)F)cc1Br. The van der Waals surface area contributed by atoms with Crippen LogP contribution in [0.2, 0.25) is 0 Å². The lowest BCUT2D eigenvalue weighted by Gasteiger charge is -2.07. The molecule has 0 unspecified atom stereocenters. The van der Waals surface area contributed by atoms with Gasteiger partial charge in [0.2, 0.25) is 0 Å². The van der Waals surface area contributed by atoms with E-state index >= 15 is 0 Å². The Morgan fingerprint density at radius 3 is 2.82 bits per heavy atom. The molecule has 0 fully saturated rings. The molecular formula is C11H14BrF2NO2. The quantitative estimate of drug-likeness (QED) is 0.761. The molecule has 0 bridgehead atoms. The maximum atomic E-state index is 11.7. The van der Waals surface area contributed by atoms with Crippen molar-refractivity contribution in [3.63, 3.8) is 0 Å². The van der Waals surface area contributed by atoms with E-state index in [1.54, 1.807) is 18.2 Å². The maximum absolute atomic E-state index is 11.7. The highest BCUT2D eigenvalue weighted by Gasteiger charge is 2.01. The summed E-state index contributed by atoms with van der Waals surface area (Å²) >= 11 is 3.21. The van der Waals surface area contributed by atoms with E-state index in [0.29, 0.717) is 17.6 Å². The second-order valence-corrected chi connectivity index (χ2v) is 4.28. The van der Waals surface area contributed by atoms with Crippen LogP contribution in [0.25, 0.3) is 0 Å². The average molecular weight is 310 g/mol. The smallest absolute Gasteiger partial charge is 0.261 e. The molecule has 2 N–H and O–H groups in total. The van der Waals surface area contributed by atoms with E-state index in [2.05, 4.69) is 21.2 Å². The van der Waals surface area contributed by atoms with Crippen molar-refractivity contribution in [1.29, 1.82) is 0 Å². The van der Waals surface area contributed by atoms with Crippen LogP contribution in [-0.4, -0.2) is 31.3 Å². The van der Waals surface area contributed by atoms with Crippen molar-refractivity contribution in [2.24, 2.45) is 0 Å². The van der Waals surface area contributed by atoms with Gasteiger partial charge in [-0.25, -0.2) is 8.78 Å². The Morgan fingerprint density at radius 1 is 1.41 bits per heavy atom. The number of hydrogen-bond donors (Lipinski definition) is 2. The molecule has 17 heavy (non-hydrogen) atoms. The van der Waals surface area contributed by atoms with E-state index < -0.39 is 13.0 Å². The van der Waals surface area contributed by atoms with Crippen LogP contribution >= 0.6 is 15.9 Å². The van der Waals surface area contributed by atoms with Crippen molar-refractivity contribution in [3.05, 3.63) is 28.2 Å². The number of halogens is 3. The highest BCUT2D eigenvalue weighted by atomic mass is 79.9. The van der Waals surface area contributed by atoms with E-state index in [1.807, 2.05) is 0 Å². The molecule has 0 aliphatic rings. The number of alkyl halides is 2. The topological polar surface area (TPSA) is 41.5 Å². The first-order chi connectivity index (χ1) is 8.09. The Balaban J connectivity index is 2.16. The highest BCUT2D eigenvalue weighted by molar-refractivity contribution is 9.10. The van der Waals surface area contributed by atoms with Gasteiger partial charge >= 0.3 is 0 Å². The zero-order chi connectivity index (χ0) is 12.7. The van der Waals surface area contributed by atoms with Crippen LogP contribution in [0.1, 0.15) is 5.56 Å². The lowest BCUT2D eigenvalue weighted by Crippen LogP contribution is -2.20. The van der Waals surface area contributed by atoms with Gasteiger partial charge in [0.25, 0.3) is 6.43 Å². The molecule has 0 spiro atoms. The maximum Gasteiger partial charge on any atom is 0.261 e. The van der Waals surface area contributed by atoms with Crippen LogP contribution in [0.3, 0.4) is 0 Å². The van der Waals surface area contributed by atoms with Gasteiger partial charge in [-0.1, -0.05) is 6.07 Å². The molecule has 0 aliphatic heterocycles. The lowest BCUT2D eigenvalue weighted by molar-refractivity contribution is 0.0187. The minimum absolute atomic E-state index is 0.189. The number of aromatic hydroxyl groups is 1. The molecule has 0 aromatic heterocycles. The van der Waals surface area contributed by atoms with E-state index in [4.69, 9.17) is 4.74 Å². The van der Waals surface area contributed by atoms with Gasteiger partial charge in [0.1, 0.15) is 12.4 Å². The second-order valence-electron chi connectivity index (χ2n) is 3.43. The van der Waals surface area contributed by atoms with E-state index in [1.165, 1.54) is 0 Å². The predicted octanol–water partition coefficient (Wildman–Crippen LogP) is 2.53. The third-order valence-corrected chi connectivity index (χ3v) is 2.64. The number of rotatable bonds is 7. The lowest BCUT2D eigenvalue weighted by atomic mass is 10.2. The molecule has 0 radical (unpaired) electrons. The molecule has 0 saturated carbocycles. The van der Waals surface area contributed by atoms with Crippen LogP contribution in [0.4, 0.5) is 8.78 Å². The van der Waals surface area contributed by atoms with Crippen LogP contribution < -0.4 is 5.32 Å². The molecule has 0 heterocycles. The fourth-order valence-corrected chi connectivity index (χ4v) is 1.64. The summed E-state index contributed by atoms with van der Waals surface area (Å²) in [6.45, 7) is 0.832. The van der Waals surface area contributed by atoms with Crippen LogP contribution in [0.5, 0.6) is 5.75 Å². The normalized spacial score (nSPS) is 11.1. The summed E-state index contributed by atoms with van der Waals surface area (Å²) < 4.78 is 28.8. The summed E-state index contributed by atoms with van der Waals surface area (Å²) in [5.74, 6) is 0.189. The number of hydrogen-bond acceptors (Lipinski definition) is 3. The van der Waals surface area contributed by atoms with E-state index in [9.17, 15) is 13.9 Å². The fourth-order valence-electron chi connectivity index (χ4n) is 1.21. The molecule has 6 heteroatoms. The summed E-state index contributed by atoms with van der Waals surface area (Å²) in [4.78, 5) is 0. The third kappa shape index (κ3) is 5.95. The molecule has 0 aliphatic carbocycles. The molecule has 1 rings (SSSR count). The van der Waals surface area contributed by atoms with Crippen LogP contribution in [-0.2, 0) is 11.3 Å². The molecule has 3 nitrogen and oxygen atoms in total. The molecule has 0 amide bonds. The number of phenolic OH excluding ortho intramolecular Hbond substituents is 1. The standard InChI is InChI=1S/C11H14BrF2NO2/c12-9-5-8(1-2-10(9)16)6-15-3-4-17-7-11(13)14/h1-2,5,11,15-16H,3-4,6-7H2. The number of phenols is 1. The van der Waals surface area contributed by atoms with Crippen molar-refractivity contribution < 1.29 is 18.6 Å². The van der Waals surface area contributed by atoms with Gasteiger partial charge in [0.15, 0.2) is 0 Å². The van der Waals surface area contributed by atoms with Crippen molar-refractivity contribution in [2.75, 3.05) is 19.8 Å². The number of nitrogens with one attached hydrogen (secondary N) is 1. The van der Waals surface area contributed by atoms with E-state index in [-0.39, 0.29) is 12.4 Å². The Bertz CT molecular complexity index is 350. The first-order valence-electron chi connectivity index (χ1n) is 5.13. The minimum atomic E-state index is -2.41. The highest BCUT2D eigenvalue weighted by Crippen LogP contribution is 2.23. The zero-order valence-corrected chi connectivity index (χ0v) is 10.7. The molecule has 96 valence electrons. The number of benzene rings is 1. The van der Waals surface area contributed by atoms with Crippen molar-refractivity contribution in [1.82, 2.24) is 5.32 Å². The largest absolute Gasteiger partial charge is 0.507 e. The van der Waals surface area contributed by atoms with Crippen molar-refractivity contribution >= 4 is 15.9 Å². The second kappa shape index (κ2) is 7.58. The third-order valence-electron chi connectivity index (χ3n) is 2.01. The zero-order valence-electron chi connectivity index (χ0n) is 9.13. The van der Waals surface area contributed by atoms with Crippen molar-refractivity contribution in [2.45, 2.75) is 13.0 Å². The molecular weight excluding hydrogens is 296 g/mol. The average Bonchev–Trinajstić information content (AvgIpc) is 2.27. The summed E-state index contributed by atoms with van der Waals surface area (Å²) in [6.07, 6.45) is -2.41. The molecule has 1 aromatic carbocycles. The van der Waals surface area contributed by atoms with Gasteiger partial charge in [-0.2, -0.15) is 0 Å². The summed E-state index contributed by atoms with van der Waals surface area (Å²) in [5.41, 5.74) is 0.989. The summed E-state index contributed by atoms with van der Waals surface area (Å²) in [7, 11) is 0. The summed E-state index contributed by atoms with van der Waals surface area (Å²) in [6, 6.07) is 5.17. The van der Waals surface area contributed by atoms with E-state index in [0.717, 1.165) is 5.56 Å². The number of ether oxygens (including phenoxy) is 1. The van der Waals surface area contributed by atoms with Crippen molar-refractivity contribution in [3.8, 4) is 5.75 Å². The van der Waals surface area contributed by atoms with Gasteiger partial charge in [-0.05, 0) is 33.6 Å². The van der Waals surface area contributed by atoms with Gasteiger partial charge < -0.3 is 15.2 Å². The Morgan fingerprint density at radius 2 is 2.18 bits per heavy atom. The first-order valence-corrected chi connectivity index (χ1v) is 5.93. The fraction of sp³-hybridized carbons (Fsp3) is 0.455. The van der Waals surface area contributed by atoms with Crippen LogP contribution in [0, 0.1) is 0 Å². The monoisotopic (exact) mass is 309 g/mol. The molecule has 1 aromatic rings.